The molecule has 1 N–H and O–H groups in total. The highest BCUT2D eigenvalue weighted by molar-refractivity contribution is 9.10. The van der Waals surface area contributed by atoms with E-state index in [1.54, 1.807) is 6.07 Å². The van der Waals surface area contributed by atoms with Gasteiger partial charge in [0.1, 0.15) is 6.54 Å². The molecule has 1 amide bonds. The number of aliphatic carboxylic acids is 1. The summed E-state index contributed by atoms with van der Waals surface area (Å²) in [5, 5.41) is 8.77. The van der Waals surface area contributed by atoms with Gasteiger partial charge >= 0.3 is 5.97 Å². The lowest BCUT2D eigenvalue weighted by atomic mass is 10.3. The summed E-state index contributed by atoms with van der Waals surface area (Å²) in [5.74, 6) is -2.13. The normalized spacial score (nSPS) is 13.9. The van der Waals surface area contributed by atoms with Crippen LogP contribution in [0.15, 0.2) is 22.7 Å². The third kappa shape index (κ3) is 3.93. The number of nitrogens with zero attached hydrogens (tertiary/aromatic N) is 1. The molecular weight excluding hydrogens is 333 g/mol. The van der Waals surface area contributed by atoms with Crippen molar-refractivity contribution >= 4 is 27.8 Å². The molecule has 0 radical (unpaired) electrons. The maximum Gasteiger partial charge on any atom is 0.323 e. The molecule has 1 aromatic carbocycles. The average molecular weight is 346 g/mol. The summed E-state index contributed by atoms with van der Waals surface area (Å²) < 4.78 is 19.2. The van der Waals surface area contributed by atoms with Crippen LogP contribution in [0, 0.1) is 5.82 Å². The number of hydrogen-bond donors (Lipinski definition) is 1. The van der Waals surface area contributed by atoms with Gasteiger partial charge < -0.3 is 14.7 Å². The number of carboxylic acids is 1. The van der Waals surface area contributed by atoms with Crippen molar-refractivity contribution in [3.63, 3.8) is 0 Å². The highest BCUT2D eigenvalue weighted by Crippen LogP contribution is 2.27. The van der Waals surface area contributed by atoms with E-state index in [1.165, 1.54) is 17.0 Å². The summed E-state index contributed by atoms with van der Waals surface area (Å²) in [6.07, 6.45) is 1.59. The minimum absolute atomic E-state index is 0.0306. The summed E-state index contributed by atoms with van der Waals surface area (Å²) in [4.78, 5) is 23.9. The molecule has 0 saturated heterocycles. The van der Waals surface area contributed by atoms with Crippen LogP contribution in [0.5, 0.6) is 5.75 Å². The Morgan fingerprint density at radius 3 is 2.70 bits per heavy atom. The van der Waals surface area contributed by atoms with E-state index < -0.39 is 17.7 Å². The fraction of sp³-hybridized carbons (Fsp3) is 0.385. The summed E-state index contributed by atoms with van der Waals surface area (Å²) >= 11 is 3.12. The molecule has 1 aliphatic rings. The van der Waals surface area contributed by atoms with Crippen molar-refractivity contribution in [1.82, 2.24) is 4.90 Å². The minimum Gasteiger partial charge on any atom is -0.481 e. The van der Waals surface area contributed by atoms with Crippen LogP contribution in [0.4, 0.5) is 4.39 Å². The first kappa shape index (κ1) is 14.8. The van der Waals surface area contributed by atoms with Gasteiger partial charge in [0, 0.05) is 10.5 Å². The Hall–Kier alpha value is -1.63. The molecular formula is C13H13BrFNO4. The van der Waals surface area contributed by atoms with Gasteiger partial charge in [0.15, 0.2) is 18.2 Å². The molecule has 1 aliphatic carbocycles. The van der Waals surface area contributed by atoms with E-state index in [9.17, 15) is 14.0 Å². The van der Waals surface area contributed by atoms with E-state index in [1.807, 2.05) is 0 Å². The maximum atomic E-state index is 13.5. The van der Waals surface area contributed by atoms with E-state index >= 15 is 0 Å². The zero-order chi connectivity index (χ0) is 14.7. The third-order valence-corrected chi connectivity index (χ3v) is 3.35. The highest BCUT2D eigenvalue weighted by atomic mass is 79.9. The van der Waals surface area contributed by atoms with Crippen molar-refractivity contribution in [2.45, 2.75) is 18.9 Å². The van der Waals surface area contributed by atoms with Gasteiger partial charge in [-0.2, -0.15) is 0 Å². The average Bonchev–Trinajstić information content (AvgIpc) is 3.18. The molecule has 0 unspecified atom stereocenters. The number of ether oxygens (including phenoxy) is 1. The van der Waals surface area contributed by atoms with E-state index in [4.69, 9.17) is 9.84 Å². The second-order valence-electron chi connectivity index (χ2n) is 4.51. The smallest absolute Gasteiger partial charge is 0.323 e. The first-order chi connectivity index (χ1) is 9.47. The SMILES string of the molecule is O=C(O)CN(C(=O)COc1ccc(Br)cc1F)C1CC1. The van der Waals surface area contributed by atoms with Gasteiger partial charge in [-0.05, 0) is 31.0 Å². The van der Waals surface area contributed by atoms with Crippen LogP contribution < -0.4 is 4.74 Å². The van der Waals surface area contributed by atoms with Gasteiger partial charge in [0.2, 0.25) is 0 Å². The lowest BCUT2D eigenvalue weighted by Crippen LogP contribution is -2.40. The highest BCUT2D eigenvalue weighted by Gasteiger charge is 2.33. The largest absolute Gasteiger partial charge is 0.481 e. The molecule has 0 atom stereocenters. The van der Waals surface area contributed by atoms with Crippen LogP contribution >= 0.6 is 15.9 Å². The van der Waals surface area contributed by atoms with Gasteiger partial charge in [0.05, 0.1) is 0 Å². The van der Waals surface area contributed by atoms with E-state index in [0.29, 0.717) is 4.47 Å². The zero-order valence-corrected chi connectivity index (χ0v) is 12.1. The van der Waals surface area contributed by atoms with Crippen molar-refractivity contribution in [1.29, 1.82) is 0 Å². The van der Waals surface area contributed by atoms with Gasteiger partial charge in [-0.15, -0.1) is 0 Å². The van der Waals surface area contributed by atoms with Crippen LogP contribution in [0.2, 0.25) is 0 Å². The molecule has 108 valence electrons. The molecule has 20 heavy (non-hydrogen) atoms. The van der Waals surface area contributed by atoms with Crippen LogP contribution in [-0.2, 0) is 9.59 Å². The van der Waals surface area contributed by atoms with Crippen molar-refractivity contribution < 1.29 is 23.8 Å². The topological polar surface area (TPSA) is 66.8 Å². The number of carboxylic acid groups (broad SMARTS) is 1. The number of hydrogen-bond acceptors (Lipinski definition) is 3. The monoisotopic (exact) mass is 345 g/mol. The van der Waals surface area contributed by atoms with Crippen molar-refractivity contribution in [2.75, 3.05) is 13.2 Å². The molecule has 0 aliphatic heterocycles. The first-order valence-electron chi connectivity index (χ1n) is 6.06. The second kappa shape index (κ2) is 6.21. The molecule has 2 rings (SSSR count). The van der Waals surface area contributed by atoms with Crippen LogP contribution in [0.25, 0.3) is 0 Å². The Morgan fingerprint density at radius 1 is 1.45 bits per heavy atom. The fourth-order valence-corrected chi connectivity index (χ4v) is 2.10. The fourth-order valence-electron chi connectivity index (χ4n) is 1.77. The molecule has 1 saturated carbocycles. The Kier molecular flexibility index (Phi) is 4.59. The minimum atomic E-state index is -1.07. The summed E-state index contributed by atoms with van der Waals surface area (Å²) in [7, 11) is 0. The maximum absolute atomic E-state index is 13.5. The number of benzene rings is 1. The number of rotatable bonds is 6. The number of carbonyl (C=O) groups excluding carboxylic acids is 1. The van der Waals surface area contributed by atoms with E-state index in [-0.39, 0.29) is 24.9 Å². The lowest BCUT2D eigenvalue weighted by molar-refractivity contribution is -0.145. The van der Waals surface area contributed by atoms with Gasteiger partial charge in [-0.1, -0.05) is 15.9 Å². The van der Waals surface area contributed by atoms with Gasteiger partial charge in [0.25, 0.3) is 5.91 Å². The quantitative estimate of drug-likeness (QED) is 0.856. The molecule has 0 bridgehead atoms. The van der Waals surface area contributed by atoms with Crippen molar-refractivity contribution in [3.8, 4) is 5.75 Å². The Bertz CT molecular complexity index is 533. The summed E-state index contributed by atoms with van der Waals surface area (Å²) in [6.45, 7) is -0.724. The van der Waals surface area contributed by atoms with E-state index in [0.717, 1.165) is 12.8 Å². The second-order valence-corrected chi connectivity index (χ2v) is 5.43. The molecule has 0 spiro atoms. The number of amides is 1. The third-order valence-electron chi connectivity index (χ3n) is 2.86. The van der Waals surface area contributed by atoms with Crippen LogP contribution in [-0.4, -0.2) is 41.1 Å². The van der Waals surface area contributed by atoms with Crippen molar-refractivity contribution in [3.05, 3.63) is 28.5 Å². The molecule has 5 nitrogen and oxygen atoms in total. The summed E-state index contributed by atoms with van der Waals surface area (Å²) in [6, 6.07) is 4.21. The molecule has 1 aromatic rings. The predicted octanol–water partition coefficient (Wildman–Crippen LogP) is 2.04. The van der Waals surface area contributed by atoms with Crippen molar-refractivity contribution in [2.24, 2.45) is 0 Å². The summed E-state index contributed by atoms with van der Waals surface area (Å²) in [5.41, 5.74) is 0. The zero-order valence-electron chi connectivity index (χ0n) is 10.5. The van der Waals surface area contributed by atoms with Gasteiger partial charge in [-0.3, -0.25) is 9.59 Å². The number of halogens is 2. The lowest BCUT2D eigenvalue weighted by Gasteiger charge is -2.20. The van der Waals surface area contributed by atoms with Gasteiger partial charge in [-0.25, -0.2) is 4.39 Å². The Morgan fingerprint density at radius 2 is 2.15 bits per heavy atom. The predicted molar refractivity (Wildman–Crippen MR) is 72.0 cm³/mol. The van der Waals surface area contributed by atoms with E-state index in [2.05, 4.69) is 15.9 Å². The number of carbonyl (C=O) groups is 2. The first-order valence-corrected chi connectivity index (χ1v) is 6.86. The molecule has 1 fully saturated rings. The Balaban J connectivity index is 1.94. The van der Waals surface area contributed by atoms with Crippen LogP contribution in [0.3, 0.4) is 0 Å². The van der Waals surface area contributed by atoms with Crippen LogP contribution in [0.1, 0.15) is 12.8 Å². The molecule has 0 heterocycles. The Labute approximate surface area is 123 Å². The molecule has 0 aromatic heterocycles. The molecule has 7 heteroatoms. The standard InChI is InChI=1S/C13H13BrFNO4/c14-8-1-4-11(10(15)5-8)20-7-12(17)16(6-13(18)19)9-2-3-9/h1,4-5,9H,2-3,6-7H2,(H,18,19).